The van der Waals surface area contributed by atoms with Crippen LogP contribution in [-0.4, -0.2) is 99.3 Å². The minimum atomic E-state index is -1.70. The molecule has 0 radical (unpaired) electrons. The third-order valence-electron chi connectivity index (χ3n) is 4.83. The monoisotopic (exact) mass is 423 g/mol. The zero-order valence-corrected chi connectivity index (χ0v) is 15.6. The van der Waals surface area contributed by atoms with Gasteiger partial charge in [0.1, 0.15) is 30.5 Å². The summed E-state index contributed by atoms with van der Waals surface area (Å²) in [5, 5.41) is 55.2. The first-order chi connectivity index (χ1) is 13.6. The van der Waals surface area contributed by atoms with E-state index in [9.17, 15) is 35.1 Å². The Kier molecular flexibility index (Phi) is 7.95. The summed E-state index contributed by atoms with van der Waals surface area (Å²) in [6.45, 7) is 1.83. The number of hydrogen-bond donors (Lipinski definition) is 7. The van der Waals surface area contributed by atoms with E-state index in [0.717, 1.165) is 6.92 Å². The zero-order valence-electron chi connectivity index (χ0n) is 15.6. The van der Waals surface area contributed by atoms with E-state index in [4.69, 9.17) is 19.7 Å². The maximum absolute atomic E-state index is 11.9. The summed E-state index contributed by atoms with van der Waals surface area (Å²) in [6.07, 6.45) is -12.4. The molecular formula is C15H25N3O11. The Balaban J connectivity index is 2.26. The van der Waals surface area contributed by atoms with E-state index < -0.39 is 79.6 Å². The molecule has 1 amide bonds. The second-order valence-corrected chi connectivity index (χ2v) is 6.83. The number of aliphatic hydroxyl groups excluding tert-OH is 5. The van der Waals surface area contributed by atoms with Gasteiger partial charge in [0.2, 0.25) is 5.91 Å². The summed E-state index contributed by atoms with van der Waals surface area (Å²) in [4.78, 5) is 27.6. The second kappa shape index (κ2) is 9.82. The minimum absolute atomic E-state index is 0.599. The number of carbonyl (C=O) groups excluding carboxylic acids is 2. The molecule has 0 aromatic carbocycles. The number of rotatable bonds is 6. The van der Waals surface area contributed by atoms with Crippen LogP contribution in [-0.2, 0) is 28.6 Å². The van der Waals surface area contributed by atoms with Crippen molar-refractivity contribution in [1.29, 1.82) is 5.53 Å². The third-order valence-corrected chi connectivity index (χ3v) is 4.83. The molecule has 2 fully saturated rings. The number of ether oxygens (including phenoxy) is 3. The van der Waals surface area contributed by atoms with Gasteiger partial charge in [-0.3, -0.25) is 9.63 Å². The maximum atomic E-state index is 11.9. The predicted molar refractivity (Wildman–Crippen MR) is 87.5 cm³/mol. The summed E-state index contributed by atoms with van der Waals surface area (Å²) in [7, 11) is 0. The summed E-state index contributed by atoms with van der Waals surface area (Å²) >= 11 is 0. The van der Waals surface area contributed by atoms with Gasteiger partial charge < -0.3 is 45.1 Å². The Labute approximate surface area is 164 Å². The van der Waals surface area contributed by atoms with E-state index in [0.29, 0.717) is 0 Å². The summed E-state index contributed by atoms with van der Waals surface area (Å²) < 4.78 is 15.9. The highest BCUT2D eigenvalue weighted by Crippen LogP contribution is 2.31. The highest BCUT2D eigenvalue weighted by atomic mass is 16.7. The van der Waals surface area contributed by atoms with Crippen LogP contribution in [0.3, 0.4) is 0 Å². The highest BCUT2D eigenvalue weighted by molar-refractivity contribution is 5.75. The number of amides is 1. The van der Waals surface area contributed by atoms with Crippen LogP contribution in [0.1, 0.15) is 13.8 Å². The number of nitrogens with one attached hydrogen (secondary N) is 2. The fourth-order valence-electron chi connectivity index (χ4n) is 3.27. The molecule has 2 rings (SSSR count). The first-order valence-corrected chi connectivity index (χ1v) is 8.76. The molecule has 2 saturated heterocycles. The number of nitrogens with zero attached hydrogens (tertiary/aromatic N) is 1. The largest absolute Gasteiger partial charge is 0.394 e. The molecule has 14 nitrogen and oxygen atoms in total. The Morgan fingerprint density at radius 3 is 2.34 bits per heavy atom. The molecule has 6 unspecified atom stereocenters. The van der Waals surface area contributed by atoms with E-state index in [1.807, 2.05) is 0 Å². The van der Waals surface area contributed by atoms with Crippen LogP contribution < -0.4 is 5.32 Å². The average Bonchev–Trinajstić information content (AvgIpc) is 2.66. The lowest BCUT2D eigenvalue weighted by Crippen LogP contribution is -2.67. The Morgan fingerprint density at radius 1 is 1.14 bits per heavy atom. The van der Waals surface area contributed by atoms with Gasteiger partial charge in [-0.05, 0) is 0 Å². The van der Waals surface area contributed by atoms with Crippen LogP contribution in [0.5, 0.6) is 0 Å². The molecule has 0 saturated carbocycles. The summed E-state index contributed by atoms with van der Waals surface area (Å²) in [5.41, 5.74) is 6.59. The summed E-state index contributed by atoms with van der Waals surface area (Å²) in [6, 6.07) is -1.33. The van der Waals surface area contributed by atoms with Gasteiger partial charge >= 0.3 is 5.97 Å². The standard InChI is InChI=1S/C15H25N3O11/c1-4-8(21)10(23)15(27-11(4)14(25)29-18-16)28-12-7(17-5(2)20)13(24)26-6(3-19)9(12)22/h4,6-13,15-16,19,21-24H,3H2,1-2H3,(H,17,20)/t4-,6?,7?,8?,9+,10?,11?,12?,13+,15-/m0/s1. The van der Waals surface area contributed by atoms with Gasteiger partial charge in [0.15, 0.2) is 18.7 Å². The smallest absolute Gasteiger partial charge is 0.365 e. The van der Waals surface area contributed by atoms with Crippen LogP contribution >= 0.6 is 0 Å². The lowest BCUT2D eigenvalue weighted by Gasteiger charge is -2.46. The fourth-order valence-corrected chi connectivity index (χ4v) is 3.27. The third kappa shape index (κ3) is 5.04. The van der Waals surface area contributed by atoms with Gasteiger partial charge in [-0.2, -0.15) is 5.53 Å². The number of aliphatic hydroxyl groups is 5. The van der Waals surface area contributed by atoms with E-state index in [1.165, 1.54) is 6.92 Å². The van der Waals surface area contributed by atoms with Gasteiger partial charge in [-0.1, -0.05) is 6.92 Å². The number of carbonyl (C=O) groups is 2. The van der Waals surface area contributed by atoms with E-state index in [2.05, 4.69) is 15.4 Å². The zero-order chi connectivity index (χ0) is 21.9. The predicted octanol–water partition coefficient (Wildman–Crippen LogP) is -3.48. The van der Waals surface area contributed by atoms with Crippen molar-refractivity contribution < 1.29 is 54.2 Å². The fraction of sp³-hybridized carbons (Fsp3) is 0.867. The molecule has 0 aliphatic carbocycles. The van der Waals surface area contributed by atoms with Crippen LogP contribution in [0.2, 0.25) is 0 Å². The van der Waals surface area contributed by atoms with Gasteiger partial charge in [0, 0.05) is 18.1 Å². The minimum Gasteiger partial charge on any atom is -0.394 e. The Morgan fingerprint density at radius 2 is 1.79 bits per heavy atom. The first kappa shape index (κ1) is 23.5. The van der Waals surface area contributed by atoms with Crippen LogP contribution in [0.25, 0.3) is 0 Å². The molecular weight excluding hydrogens is 398 g/mol. The normalized spacial score (nSPS) is 42.7. The van der Waals surface area contributed by atoms with E-state index in [-0.39, 0.29) is 0 Å². The molecule has 0 aromatic rings. The first-order valence-electron chi connectivity index (χ1n) is 8.76. The van der Waals surface area contributed by atoms with Crippen molar-refractivity contribution in [2.45, 2.75) is 69.1 Å². The molecule has 7 N–H and O–H groups in total. The SMILES string of the molecule is CC(=O)NC1C(O[C@@H]2OC(C(=O)ON=N)[C@@H](C)C(O)C2O)[C@H](O)C(CO)O[C@H]1O. The molecule has 14 heteroatoms. The maximum Gasteiger partial charge on any atom is 0.365 e. The van der Waals surface area contributed by atoms with Crippen molar-refractivity contribution in [1.82, 2.24) is 5.32 Å². The second-order valence-electron chi connectivity index (χ2n) is 6.83. The Bertz CT molecular complexity index is 608. The lowest BCUT2D eigenvalue weighted by molar-refractivity contribution is -0.331. The van der Waals surface area contributed by atoms with Gasteiger partial charge in [0.25, 0.3) is 0 Å². The molecule has 0 bridgehead atoms. The quantitative estimate of drug-likeness (QED) is 0.164. The molecule has 0 aromatic heterocycles. The molecule has 2 aliphatic heterocycles. The van der Waals surface area contributed by atoms with E-state index >= 15 is 0 Å². The van der Waals surface area contributed by atoms with Crippen molar-refractivity contribution >= 4 is 11.9 Å². The Hall–Kier alpha value is -1.78. The number of hydrogen-bond acceptors (Lipinski definition) is 13. The van der Waals surface area contributed by atoms with Crippen molar-refractivity contribution in [3.63, 3.8) is 0 Å². The topological polar surface area (TPSA) is 220 Å². The van der Waals surface area contributed by atoms with Gasteiger partial charge in [0.05, 0.1) is 12.7 Å². The van der Waals surface area contributed by atoms with Crippen molar-refractivity contribution in [2.75, 3.05) is 6.61 Å². The van der Waals surface area contributed by atoms with Gasteiger partial charge in [-0.25, -0.2) is 4.79 Å². The molecule has 166 valence electrons. The molecule has 0 spiro atoms. The van der Waals surface area contributed by atoms with Crippen molar-refractivity contribution in [3.8, 4) is 0 Å². The van der Waals surface area contributed by atoms with Crippen molar-refractivity contribution in [2.24, 2.45) is 11.2 Å². The van der Waals surface area contributed by atoms with Crippen LogP contribution in [0.15, 0.2) is 5.28 Å². The van der Waals surface area contributed by atoms with Gasteiger partial charge in [-0.15, -0.1) is 0 Å². The van der Waals surface area contributed by atoms with Crippen molar-refractivity contribution in [3.05, 3.63) is 0 Å². The molecule has 10 atom stereocenters. The van der Waals surface area contributed by atoms with E-state index in [1.54, 1.807) is 0 Å². The average molecular weight is 423 g/mol. The lowest BCUT2D eigenvalue weighted by atomic mass is 9.90. The molecule has 2 aliphatic rings. The summed E-state index contributed by atoms with van der Waals surface area (Å²) in [5.74, 6) is -2.68. The van der Waals surface area contributed by atoms with Crippen LogP contribution in [0.4, 0.5) is 0 Å². The molecule has 2 heterocycles. The highest BCUT2D eigenvalue weighted by Gasteiger charge is 2.52. The van der Waals surface area contributed by atoms with Crippen LogP contribution in [0, 0.1) is 11.4 Å². The molecule has 29 heavy (non-hydrogen) atoms.